The first kappa shape index (κ1) is 11.0. The minimum absolute atomic E-state index is 0.570. The predicted octanol–water partition coefficient (Wildman–Crippen LogP) is 3.20. The smallest absolute Gasteiger partial charge is 0.00104 e. The first-order valence-electron chi connectivity index (χ1n) is 5.76. The maximum absolute atomic E-state index is 3.57. The topological polar surface area (TPSA) is 12.0 Å². The Morgan fingerprint density at radius 3 is 2.54 bits per heavy atom. The summed E-state index contributed by atoms with van der Waals surface area (Å²) in [5.74, 6) is 0.892. The zero-order valence-corrected chi connectivity index (χ0v) is 9.69. The summed E-state index contributed by atoms with van der Waals surface area (Å²) in [6.07, 6.45) is 5.71. The molecule has 0 aromatic carbocycles. The summed E-state index contributed by atoms with van der Waals surface area (Å²) in [7, 11) is 0. The van der Waals surface area contributed by atoms with Gasteiger partial charge in [-0.25, -0.2) is 0 Å². The zero-order valence-electron chi connectivity index (χ0n) is 9.69. The van der Waals surface area contributed by atoms with Crippen LogP contribution in [0, 0.1) is 11.3 Å². The van der Waals surface area contributed by atoms with Crippen LogP contribution in [0.5, 0.6) is 0 Å². The molecule has 13 heavy (non-hydrogen) atoms. The molecule has 1 unspecified atom stereocenters. The molecule has 0 aromatic rings. The Morgan fingerprint density at radius 1 is 1.31 bits per heavy atom. The van der Waals surface area contributed by atoms with Crippen molar-refractivity contribution in [2.45, 2.75) is 59.4 Å². The third kappa shape index (κ3) is 3.30. The molecular formula is C12H25N. The van der Waals surface area contributed by atoms with Gasteiger partial charge in [0.2, 0.25) is 0 Å². The quantitative estimate of drug-likeness (QED) is 0.708. The van der Waals surface area contributed by atoms with Crippen LogP contribution >= 0.6 is 0 Å². The van der Waals surface area contributed by atoms with Gasteiger partial charge in [0.25, 0.3) is 0 Å². The molecule has 78 valence electrons. The van der Waals surface area contributed by atoms with Gasteiger partial charge in [-0.15, -0.1) is 0 Å². The SMILES string of the molecule is CC(C)NCC1CCCCC1(C)C. The second kappa shape index (κ2) is 4.45. The Kier molecular flexibility index (Phi) is 3.78. The largest absolute Gasteiger partial charge is 0.314 e. The lowest BCUT2D eigenvalue weighted by Crippen LogP contribution is -2.38. The molecule has 0 aliphatic heterocycles. The van der Waals surface area contributed by atoms with E-state index in [4.69, 9.17) is 0 Å². The van der Waals surface area contributed by atoms with Crippen LogP contribution in [0.4, 0.5) is 0 Å². The number of hydrogen-bond donors (Lipinski definition) is 1. The highest BCUT2D eigenvalue weighted by Crippen LogP contribution is 2.39. The highest BCUT2D eigenvalue weighted by atomic mass is 14.9. The van der Waals surface area contributed by atoms with Crippen molar-refractivity contribution in [2.24, 2.45) is 11.3 Å². The first-order valence-corrected chi connectivity index (χ1v) is 5.76. The van der Waals surface area contributed by atoms with Gasteiger partial charge < -0.3 is 5.32 Å². The molecule has 1 N–H and O–H groups in total. The molecular weight excluding hydrogens is 158 g/mol. The molecule has 0 bridgehead atoms. The molecule has 0 saturated heterocycles. The van der Waals surface area contributed by atoms with Crippen molar-refractivity contribution in [3.05, 3.63) is 0 Å². The fourth-order valence-electron chi connectivity index (χ4n) is 2.32. The zero-order chi connectivity index (χ0) is 9.90. The van der Waals surface area contributed by atoms with Gasteiger partial charge in [0.15, 0.2) is 0 Å². The molecule has 1 aliphatic rings. The van der Waals surface area contributed by atoms with Crippen LogP contribution < -0.4 is 5.32 Å². The summed E-state index contributed by atoms with van der Waals surface area (Å²) < 4.78 is 0. The number of rotatable bonds is 3. The Bertz CT molecular complexity index is 149. The lowest BCUT2D eigenvalue weighted by atomic mass is 9.69. The van der Waals surface area contributed by atoms with Crippen molar-refractivity contribution in [3.8, 4) is 0 Å². The summed E-state index contributed by atoms with van der Waals surface area (Å²) >= 11 is 0. The maximum atomic E-state index is 3.57. The summed E-state index contributed by atoms with van der Waals surface area (Å²) in [5.41, 5.74) is 0.570. The Morgan fingerprint density at radius 2 is 2.00 bits per heavy atom. The third-order valence-electron chi connectivity index (χ3n) is 3.50. The molecule has 1 aliphatic carbocycles. The second-order valence-corrected chi connectivity index (χ2v) is 5.49. The van der Waals surface area contributed by atoms with Crippen LogP contribution in [-0.2, 0) is 0 Å². The summed E-state index contributed by atoms with van der Waals surface area (Å²) in [5, 5.41) is 3.57. The van der Waals surface area contributed by atoms with Crippen LogP contribution in [-0.4, -0.2) is 12.6 Å². The first-order chi connectivity index (χ1) is 6.02. The molecule has 1 nitrogen and oxygen atoms in total. The monoisotopic (exact) mass is 183 g/mol. The van der Waals surface area contributed by atoms with E-state index in [1.807, 2.05) is 0 Å². The van der Waals surface area contributed by atoms with Crippen molar-refractivity contribution in [1.29, 1.82) is 0 Å². The molecule has 0 radical (unpaired) electrons. The highest BCUT2D eigenvalue weighted by Gasteiger charge is 2.31. The van der Waals surface area contributed by atoms with E-state index in [9.17, 15) is 0 Å². The van der Waals surface area contributed by atoms with Crippen molar-refractivity contribution in [1.82, 2.24) is 5.32 Å². The Balaban J connectivity index is 2.37. The van der Waals surface area contributed by atoms with Crippen molar-refractivity contribution in [2.75, 3.05) is 6.54 Å². The predicted molar refractivity (Wildman–Crippen MR) is 58.9 cm³/mol. The fraction of sp³-hybridized carbons (Fsp3) is 1.00. The van der Waals surface area contributed by atoms with Gasteiger partial charge in [-0.05, 0) is 30.7 Å². The van der Waals surface area contributed by atoms with Crippen LogP contribution in [0.2, 0.25) is 0 Å². The van der Waals surface area contributed by atoms with Crippen LogP contribution in [0.15, 0.2) is 0 Å². The van der Waals surface area contributed by atoms with Gasteiger partial charge >= 0.3 is 0 Å². The maximum Gasteiger partial charge on any atom is 0.00104 e. The Hall–Kier alpha value is -0.0400. The van der Waals surface area contributed by atoms with E-state index in [1.54, 1.807) is 0 Å². The average Bonchev–Trinajstić information content (AvgIpc) is 2.01. The van der Waals surface area contributed by atoms with Gasteiger partial charge in [0.05, 0.1) is 0 Å². The fourth-order valence-corrected chi connectivity index (χ4v) is 2.32. The highest BCUT2D eigenvalue weighted by molar-refractivity contribution is 4.84. The normalized spacial score (nSPS) is 27.9. The molecule has 0 amide bonds. The van der Waals surface area contributed by atoms with E-state index in [2.05, 4.69) is 33.0 Å². The van der Waals surface area contributed by atoms with E-state index in [0.717, 1.165) is 5.92 Å². The minimum Gasteiger partial charge on any atom is -0.314 e. The number of hydrogen-bond acceptors (Lipinski definition) is 1. The molecule has 1 rings (SSSR count). The summed E-state index contributed by atoms with van der Waals surface area (Å²) in [6.45, 7) is 10.5. The summed E-state index contributed by atoms with van der Waals surface area (Å²) in [4.78, 5) is 0. The van der Waals surface area contributed by atoms with E-state index in [0.29, 0.717) is 11.5 Å². The van der Waals surface area contributed by atoms with Gasteiger partial charge in [-0.1, -0.05) is 40.5 Å². The lowest BCUT2D eigenvalue weighted by Gasteiger charge is -2.39. The molecule has 1 heteroatoms. The van der Waals surface area contributed by atoms with Gasteiger partial charge in [0.1, 0.15) is 0 Å². The van der Waals surface area contributed by atoms with E-state index in [1.165, 1.54) is 32.2 Å². The third-order valence-corrected chi connectivity index (χ3v) is 3.50. The second-order valence-electron chi connectivity index (χ2n) is 5.49. The van der Waals surface area contributed by atoms with Gasteiger partial charge in [0, 0.05) is 6.04 Å². The van der Waals surface area contributed by atoms with Gasteiger partial charge in [-0.2, -0.15) is 0 Å². The van der Waals surface area contributed by atoms with E-state index in [-0.39, 0.29) is 0 Å². The molecule has 1 atom stereocenters. The molecule has 1 fully saturated rings. The van der Waals surface area contributed by atoms with Crippen molar-refractivity contribution < 1.29 is 0 Å². The van der Waals surface area contributed by atoms with E-state index < -0.39 is 0 Å². The lowest BCUT2D eigenvalue weighted by molar-refractivity contribution is 0.133. The standard InChI is InChI=1S/C12H25N/c1-10(2)13-9-11-7-5-6-8-12(11,3)4/h10-11,13H,5-9H2,1-4H3. The van der Waals surface area contributed by atoms with Gasteiger partial charge in [-0.3, -0.25) is 0 Å². The van der Waals surface area contributed by atoms with Crippen LogP contribution in [0.3, 0.4) is 0 Å². The van der Waals surface area contributed by atoms with Crippen LogP contribution in [0.1, 0.15) is 53.4 Å². The van der Waals surface area contributed by atoms with E-state index >= 15 is 0 Å². The molecule has 0 heterocycles. The Labute approximate surface area is 83.3 Å². The minimum atomic E-state index is 0.570. The average molecular weight is 183 g/mol. The molecule has 0 aromatic heterocycles. The summed E-state index contributed by atoms with van der Waals surface area (Å²) in [6, 6.07) is 0.637. The van der Waals surface area contributed by atoms with Crippen molar-refractivity contribution in [3.63, 3.8) is 0 Å². The van der Waals surface area contributed by atoms with Crippen LogP contribution in [0.25, 0.3) is 0 Å². The van der Waals surface area contributed by atoms with Crippen molar-refractivity contribution >= 4 is 0 Å². The molecule has 0 spiro atoms. The number of nitrogens with one attached hydrogen (secondary N) is 1. The molecule has 1 saturated carbocycles.